The molecule has 1 N–H and O–H groups in total. The minimum absolute atomic E-state index is 0.0302. The Labute approximate surface area is 136 Å². The summed E-state index contributed by atoms with van der Waals surface area (Å²) in [6.07, 6.45) is 2.75. The van der Waals surface area contributed by atoms with Gasteiger partial charge in [0.2, 0.25) is 0 Å². The first kappa shape index (κ1) is 17.1. The molecule has 1 heterocycles. The zero-order chi connectivity index (χ0) is 16.8. The summed E-state index contributed by atoms with van der Waals surface area (Å²) in [5, 5.41) is 7.89. The Kier molecular flexibility index (Phi) is 5.82. The van der Waals surface area contributed by atoms with E-state index in [9.17, 15) is 4.79 Å². The monoisotopic (exact) mass is 313 g/mol. The van der Waals surface area contributed by atoms with Gasteiger partial charge >= 0.3 is 0 Å². The van der Waals surface area contributed by atoms with Gasteiger partial charge in [0.05, 0.1) is 13.2 Å². The Morgan fingerprint density at radius 2 is 1.96 bits per heavy atom. The summed E-state index contributed by atoms with van der Waals surface area (Å²) in [7, 11) is 0. The molecule has 0 atom stereocenters. The van der Waals surface area contributed by atoms with Crippen molar-refractivity contribution in [2.75, 3.05) is 6.61 Å². The highest BCUT2D eigenvalue weighted by atomic mass is 16.5. The van der Waals surface area contributed by atoms with Gasteiger partial charge in [-0.25, -0.2) is 4.98 Å². The van der Waals surface area contributed by atoms with Crippen LogP contribution in [0.3, 0.4) is 0 Å². The third-order valence-electron chi connectivity index (χ3n) is 3.76. The summed E-state index contributed by atoms with van der Waals surface area (Å²) in [6.45, 7) is 6.92. The number of carbonyl (C=O) groups excluding carboxylic acids is 1. The maximum Gasteiger partial charge on any atom is 0.182 e. The first-order chi connectivity index (χ1) is 11.0. The molecule has 2 rings (SSSR count). The molecular formula is C18H23N3O2. The average molecular weight is 313 g/mol. The van der Waals surface area contributed by atoms with Crippen molar-refractivity contribution in [1.29, 1.82) is 5.41 Å². The van der Waals surface area contributed by atoms with Crippen LogP contribution in [0.1, 0.15) is 41.2 Å². The number of ether oxygens (including phenoxy) is 1. The fourth-order valence-corrected chi connectivity index (χ4v) is 2.29. The predicted octanol–water partition coefficient (Wildman–Crippen LogP) is 2.65. The van der Waals surface area contributed by atoms with Gasteiger partial charge in [0, 0.05) is 23.9 Å². The van der Waals surface area contributed by atoms with Gasteiger partial charge < -0.3 is 9.30 Å². The molecular weight excluding hydrogens is 290 g/mol. The number of rotatable bonds is 7. The van der Waals surface area contributed by atoms with Crippen LogP contribution in [0.4, 0.5) is 0 Å². The van der Waals surface area contributed by atoms with E-state index in [1.807, 2.05) is 31.2 Å². The Morgan fingerprint density at radius 3 is 2.57 bits per heavy atom. The van der Waals surface area contributed by atoms with Crippen molar-refractivity contribution >= 4 is 5.78 Å². The van der Waals surface area contributed by atoms with Crippen molar-refractivity contribution in [3.05, 3.63) is 58.5 Å². The smallest absolute Gasteiger partial charge is 0.182 e. The first-order valence-corrected chi connectivity index (χ1v) is 7.86. The van der Waals surface area contributed by atoms with Crippen LogP contribution in [0.2, 0.25) is 0 Å². The van der Waals surface area contributed by atoms with Crippen LogP contribution in [0, 0.1) is 12.3 Å². The number of ketones is 1. The van der Waals surface area contributed by atoms with Gasteiger partial charge in [0.25, 0.3) is 0 Å². The molecule has 0 bridgehead atoms. The van der Waals surface area contributed by atoms with E-state index in [1.165, 1.54) is 5.56 Å². The van der Waals surface area contributed by atoms with Gasteiger partial charge in [-0.1, -0.05) is 31.2 Å². The van der Waals surface area contributed by atoms with Gasteiger partial charge in [-0.05, 0) is 25.8 Å². The second-order valence-electron chi connectivity index (χ2n) is 5.40. The molecule has 0 fully saturated rings. The minimum atomic E-state index is 0.0302. The quantitative estimate of drug-likeness (QED) is 0.799. The van der Waals surface area contributed by atoms with E-state index >= 15 is 0 Å². The lowest BCUT2D eigenvalue weighted by Gasteiger charge is -2.12. The van der Waals surface area contributed by atoms with Crippen molar-refractivity contribution in [1.82, 2.24) is 9.55 Å². The molecule has 0 radical (unpaired) electrons. The Morgan fingerprint density at radius 1 is 1.26 bits per heavy atom. The van der Waals surface area contributed by atoms with E-state index in [-0.39, 0.29) is 17.8 Å². The molecule has 0 saturated carbocycles. The SMILES string of the molecule is CCOCc1cn(CC(=O)c2ccc(CC)cc2)c(C)nc1=N. The molecule has 0 unspecified atom stereocenters. The highest BCUT2D eigenvalue weighted by molar-refractivity contribution is 5.95. The Hall–Kier alpha value is -2.27. The molecule has 5 nitrogen and oxygen atoms in total. The van der Waals surface area contributed by atoms with Gasteiger partial charge in [0.1, 0.15) is 5.82 Å². The van der Waals surface area contributed by atoms with Crippen LogP contribution >= 0.6 is 0 Å². The second kappa shape index (κ2) is 7.83. The molecule has 0 saturated heterocycles. The van der Waals surface area contributed by atoms with Crippen LogP contribution in [0.15, 0.2) is 30.5 Å². The number of aryl methyl sites for hydroxylation is 2. The molecule has 0 aliphatic carbocycles. The van der Waals surface area contributed by atoms with E-state index in [2.05, 4.69) is 11.9 Å². The Balaban J connectivity index is 2.20. The van der Waals surface area contributed by atoms with E-state index < -0.39 is 0 Å². The maximum absolute atomic E-state index is 12.4. The van der Waals surface area contributed by atoms with Crippen molar-refractivity contribution in [2.45, 2.75) is 40.3 Å². The van der Waals surface area contributed by atoms with Gasteiger partial charge in [-0.2, -0.15) is 0 Å². The minimum Gasteiger partial charge on any atom is -0.377 e. The molecule has 1 aromatic heterocycles. The predicted molar refractivity (Wildman–Crippen MR) is 88.3 cm³/mol. The van der Waals surface area contributed by atoms with Crippen molar-refractivity contribution in [3.63, 3.8) is 0 Å². The molecule has 2 aromatic rings. The summed E-state index contributed by atoms with van der Waals surface area (Å²) in [4.78, 5) is 16.6. The lowest BCUT2D eigenvalue weighted by molar-refractivity contribution is 0.0969. The van der Waals surface area contributed by atoms with E-state index in [0.717, 1.165) is 6.42 Å². The van der Waals surface area contributed by atoms with E-state index in [1.54, 1.807) is 17.7 Å². The zero-order valence-corrected chi connectivity index (χ0v) is 13.9. The average Bonchev–Trinajstić information content (AvgIpc) is 2.56. The molecule has 1 aromatic carbocycles. The summed E-state index contributed by atoms with van der Waals surface area (Å²) < 4.78 is 7.13. The highest BCUT2D eigenvalue weighted by Gasteiger charge is 2.10. The number of Topliss-reactive ketones (excluding diaryl/α,β-unsaturated/α-hetero) is 1. The van der Waals surface area contributed by atoms with Crippen LogP contribution in [-0.2, 0) is 24.3 Å². The summed E-state index contributed by atoms with van der Waals surface area (Å²) in [5.74, 6) is 0.677. The van der Waals surface area contributed by atoms with Crippen LogP contribution < -0.4 is 5.49 Å². The number of nitrogens with one attached hydrogen (secondary N) is 1. The van der Waals surface area contributed by atoms with Crippen molar-refractivity contribution in [3.8, 4) is 0 Å². The molecule has 5 heteroatoms. The van der Waals surface area contributed by atoms with Crippen LogP contribution in [-0.4, -0.2) is 21.9 Å². The van der Waals surface area contributed by atoms with Crippen LogP contribution in [0.5, 0.6) is 0 Å². The highest BCUT2D eigenvalue weighted by Crippen LogP contribution is 2.08. The first-order valence-electron chi connectivity index (χ1n) is 7.86. The molecule has 0 spiro atoms. The van der Waals surface area contributed by atoms with Crippen LogP contribution in [0.25, 0.3) is 0 Å². The van der Waals surface area contributed by atoms with Gasteiger partial charge in [-0.3, -0.25) is 10.2 Å². The maximum atomic E-state index is 12.4. The Bertz CT molecular complexity index is 733. The molecule has 0 amide bonds. The standard InChI is InChI=1S/C18H23N3O2/c1-4-14-6-8-15(9-7-14)17(22)11-21-10-16(12-23-5-2)18(19)20-13(21)3/h6-10,19H,4-5,11-12H2,1-3H3. The third kappa shape index (κ3) is 4.36. The number of nitrogens with zero attached hydrogens (tertiary/aromatic N) is 2. The second-order valence-corrected chi connectivity index (χ2v) is 5.40. The molecule has 23 heavy (non-hydrogen) atoms. The van der Waals surface area contributed by atoms with E-state index in [0.29, 0.717) is 30.2 Å². The summed E-state index contributed by atoms with van der Waals surface area (Å²) >= 11 is 0. The van der Waals surface area contributed by atoms with Crippen molar-refractivity contribution < 1.29 is 9.53 Å². The summed E-state index contributed by atoms with van der Waals surface area (Å²) in [5.41, 5.74) is 2.79. The largest absolute Gasteiger partial charge is 0.377 e. The molecule has 0 aliphatic heterocycles. The number of benzene rings is 1. The lowest BCUT2D eigenvalue weighted by Crippen LogP contribution is -2.23. The topological polar surface area (TPSA) is 68.0 Å². The normalized spacial score (nSPS) is 10.7. The zero-order valence-electron chi connectivity index (χ0n) is 13.9. The fourth-order valence-electron chi connectivity index (χ4n) is 2.29. The number of hydrogen-bond acceptors (Lipinski definition) is 4. The lowest BCUT2D eigenvalue weighted by atomic mass is 10.1. The van der Waals surface area contributed by atoms with Gasteiger partial charge in [-0.15, -0.1) is 0 Å². The number of hydrogen-bond donors (Lipinski definition) is 1. The molecule has 122 valence electrons. The van der Waals surface area contributed by atoms with Gasteiger partial charge in [0.15, 0.2) is 11.3 Å². The number of aromatic nitrogens is 2. The number of carbonyl (C=O) groups is 1. The fraction of sp³-hybridized carbons (Fsp3) is 0.389. The third-order valence-corrected chi connectivity index (χ3v) is 3.76. The molecule has 0 aliphatic rings. The van der Waals surface area contributed by atoms with Crippen molar-refractivity contribution in [2.24, 2.45) is 0 Å². The summed E-state index contributed by atoms with van der Waals surface area (Å²) in [6, 6.07) is 7.70. The van der Waals surface area contributed by atoms with E-state index in [4.69, 9.17) is 10.1 Å².